The SMILES string of the molecule is Cc1cccc(Oc2cc(Br)ccc2N)c1. The Morgan fingerprint density at radius 2 is 1.94 bits per heavy atom. The smallest absolute Gasteiger partial charge is 0.151 e. The molecule has 0 unspecified atom stereocenters. The second-order valence-electron chi connectivity index (χ2n) is 3.60. The Hall–Kier alpha value is -1.48. The van der Waals surface area contributed by atoms with Gasteiger partial charge in [0, 0.05) is 4.47 Å². The third-order valence-corrected chi connectivity index (χ3v) is 2.69. The molecule has 2 aromatic carbocycles. The molecule has 0 aliphatic heterocycles. The predicted molar refractivity (Wildman–Crippen MR) is 69.8 cm³/mol. The van der Waals surface area contributed by atoms with E-state index in [-0.39, 0.29) is 0 Å². The highest BCUT2D eigenvalue weighted by Gasteiger charge is 2.02. The third kappa shape index (κ3) is 2.55. The van der Waals surface area contributed by atoms with Gasteiger partial charge in [0.2, 0.25) is 0 Å². The maximum absolute atomic E-state index is 5.83. The number of anilines is 1. The number of nitrogens with two attached hydrogens (primary N) is 1. The first kappa shape index (κ1) is 11.0. The maximum Gasteiger partial charge on any atom is 0.151 e. The van der Waals surface area contributed by atoms with E-state index in [1.165, 1.54) is 0 Å². The third-order valence-electron chi connectivity index (χ3n) is 2.19. The highest BCUT2D eigenvalue weighted by molar-refractivity contribution is 9.10. The summed E-state index contributed by atoms with van der Waals surface area (Å²) in [6.07, 6.45) is 0. The molecule has 3 heteroatoms. The highest BCUT2D eigenvalue weighted by Crippen LogP contribution is 2.30. The fourth-order valence-electron chi connectivity index (χ4n) is 1.40. The molecule has 0 saturated heterocycles. The number of benzene rings is 2. The maximum atomic E-state index is 5.83. The van der Waals surface area contributed by atoms with Gasteiger partial charge in [0.15, 0.2) is 5.75 Å². The lowest BCUT2D eigenvalue weighted by atomic mass is 10.2. The molecule has 0 aliphatic carbocycles. The second-order valence-corrected chi connectivity index (χ2v) is 4.52. The van der Waals surface area contributed by atoms with Crippen LogP contribution in [0.25, 0.3) is 0 Å². The molecule has 0 bridgehead atoms. The quantitative estimate of drug-likeness (QED) is 0.838. The number of hydrogen-bond donors (Lipinski definition) is 1. The molecular weight excluding hydrogens is 266 g/mol. The Morgan fingerprint density at radius 3 is 2.69 bits per heavy atom. The molecule has 2 N–H and O–H groups in total. The summed E-state index contributed by atoms with van der Waals surface area (Å²) in [6, 6.07) is 13.4. The first-order chi connectivity index (χ1) is 7.65. The zero-order valence-electron chi connectivity index (χ0n) is 8.91. The summed E-state index contributed by atoms with van der Waals surface area (Å²) in [6.45, 7) is 2.02. The summed E-state index contributed by atoms with van der Waals surface area (Å²) in [5.74, 6) is 1.46. The number of hydrogen-bond acceptors (Lipinski definition) is 2. The normalized spacial score (nSPS) is 10.1. The average Bonchev–Trinajstić information content (AvgIpc) is 2.24. The van der Waals surface area contributed by atoms with Gasteiger partial charge in [-0.25, -0.2) is 0 Å². The summed E-state index contributed by atoms with van der Waals surface area (Å²) in [5, 5.41) is 0. The monoisotopic (exact) mass is 277 g/mol. The van der Waals surface area contributed by atoms with Crippen LogP contribution in [0.15, 0.2) is 46.9 Å². The van der Waals surface area contributed by atoms with Crippen molar-refractivity contribution in [2.45, 2.75) is 6.92 Å². The van der Waals surface area contributed by atoms with Crippen LogP contribution in [0.2, 0.25) is 0 Å². The summed E-state index contributed by atoms with van der Waals surface area (Å²) in [4.78, 5) is 0. The van der Waals surface area contributed by atoms with Crippen LogP contribution in [0, 0.1) is 6.92 Å². The van der Waals surface area contributed by atoms with Gasteiger partial charge in [-0.3, -0.25) is 0 Å². The molecule has 0 fully saturated rings. The zero-order chi connectivity index (χ0) is 11.5. The summed E-state index contributed by atoms with van der Waals surface area (Å²) < 4.78 is 6.66. The number of rotatable bonds is 2. The first-order valence-electron chi connectivity index (χ1n) is 4.95. The van der Waals surface area contributed by atoms with Gasteiger partial charge >= 0.3 is 0 Å². The minimum Gasteiger partial charge on any atom is -0.455 e. The second kappa shape index (κ2) is 4.58. The summed E-state index contributed by atoms with van der Waals surface area (Å²) in [7, 11) is 0. The molecule has 2 nitrogen and oxygen atoms in total. The lowest BCUT2D eigenvalue weighted by Crippen LogP contribution is -1.92. The Bertz CT molecular complexity index is 511. The van der Waals surface area contributed by atoms with Crippen LogP contribution in [0.5, 0.6) is 11.5 Å². The van der Waals surface area contributed by atoms with E-state index in [0.717, 1.165) is 15.8 Å². The van der Waals surface area contributed by atoms with E-state index in [1.807, 2.05) is 49.4 Å². The van der Waals surface area contributed by atoms with Crippen LogP contribution in [-0.2, 0) is 0 Å². The fourth-order valence-corrected chi connectivity index (χ4v) is 1.74. The van der Waals surface area contributed by atoms with Crippen molar-refractivity contribution in [3.63, 3.8) is 0 Å². The number of ether oxygens (including phenoxy) is 1. The van der Waals surface area contributed by atoms with Gasteiger partial charge in [-0.2, -0.15) is 0 Å². The van der Waals surface area contributed by atoms with E-state index in [9.17, 15) is 0 Å². The Morgan fingerprint density at radius 1 is 1.12 bits per heavy atom. The van der Waals surface area contributed by atoms with Crippen molar-refractivity contribution < 1.29 is 4.74 Å². The van der Waals surface area contributed by atoms with E-state index in [1.54, 1.807) is 0 Å². The summed E-state index contributed by atoms with van der Waals surface area (Å²) in [5.41, 5.74) is 7.62. The molecule has 0 spiro atoms. The van der Waals surface area contributed by atoms with Gasteiger partial charge in [0.25, 0.3) is 0 Å². The highest BCUT2D eigenvalue weighted by atomic mass is 79.9. The molecule has 2 rings (SSSR count). The van der Waals surface area contributed by atoms with Crippen molar-refractivity contribution in [3.05, 3.63) is 52.5 Å². The minimum absolute atomic E-state index is 0.629. The van der Waals surface area contributed by atoms with Crippen molar-refractivity contribution in [1.29, 1.82) is 0 Å². The number of nitrogen functional groups attached to an aromatic ring is 1. The topological polar surface area (TPSA) is 35.2 Å². The Labute approximate surface area is 103 Å². The molecule has 0 atom stereocenters. The Kier molecular flexibility index (Phi) is 3.15. The van der Waals surface area contributed by atoms with E-state index in [0.29, 0.717) is 11.4 Å². The van der Waals surface area contributed by atoms with Crippen LogP contribution in [0.3, 0.4) is 0 Å². The first-order valence-corrected chi connectivity index (χ1v) is 5.74. The molecule has 16 heavy (non-hydrogen) atoms. The molecule has 0 aliphatic rings. The van der Waals surface area contributed by atoms with E-state index < -0.39 is 0 Å². The Balaban J connectivity index is 2.30. The lowest BCUT2D eigenvalue weighted by molar-refractivity contribution is 0.484. The van der Waals surface area contributed by atoms with Gasteiger partial charge in [-0.15, -0.1) is 0 Å². The minimum atomic E-state index is 0.629. The van der Waals surface area contributed by atoms with E-state index in [2.05, 4.69) is 15.9 Å². The van der Waals surface area contributed by atoms with Crippen LogP contribution in [0.1, 0.15) is 5.56 Å². The van der Waals surface area contributed by atoms with Gasteiger partial charge in [0.05, 0.1) is 5.69 Å². The van der Waals surface area contributed by atoms with Crippen molar-refractivity contribution in [1.82, 2.24) is 0 Å². The van der Waals surface area contributed by atoms with Crippen LogP contribution >= 0.6 is 15.9 Å². The van der Waals surface area contributed by atoms with E-state index in [4.69, 9.17) is 10.5 Å². The van der Waals surface area contributed by atoms with Gasteiger partial charge in [-0.1, -0.05) is 28.1 Å². The number of halogens is 1. The van der Waals surface area contributed by atoms with Crippen molar-refractivity contribution in [2.75, 3.05) is 5.73 Å². The van der Waals surface area contributed by atoms with Crippen LogP contribution in [-0.4, -0.2) is 0 Å². The van der Waals surface area contributed by atoms with E-state index >= 15 is 0 Å². The molecule has 82 valence electrons. The molecule has 0 amide bonds. The standard InChI is InChI=1S/C13H12BrNO/c1-9-3-2-4-11(7-9)16-13-8-10(14)5-6-12(13)15/h2-8H,15H2,1H3. The lowest BCUT2D eigenvalue weighted by Gasteiger charge is -2.09. The van der Waals surface area contributed by atoms with Gasteiger partial charge in [0.1, 0.15) is 5.75 Å². The molecule has 0 radical (unpaired) electrons. The number of aryl methyl sites for hydroxylation is 1. The fraction of sp³-hybridized carbons (Fsp3) is 0.0769. The average molecular weight is 278 g/mol. The van der Waals surface area contributed by atoms with Gasteiger partial charge in [-0.05, 0) is 42.8 Å². The van der Waals surface area contributed by atoms with Crippen molar-refractivity contribution >= 4 is 21.6 Å². The van der Waals surface area contributed by atoms with Crippen molar-refractivity contribution in [3.8, 4) is 11.5 Å². The molecule has 0 saturated carbocycles. The molecule has 2 aromatic rings. The predicted octanol–water partition coefficient (Wildman–Crippen LogP) is 4.13. The van der Waals surface area contributed by atoms with Crippen LogP contribution in [0.4, 0.5) is 5.69 Å². The molecular formula is C13H12BrNO. The van der Waals surface area contributed by atoms with Gasteiger partial charge < -0.3 is 10.5 Å². The molecule has 0 heterocycles. The summed E-state index contributed by atoms with van der Waals surface area (Å²) >= 11 is 3.39. The van der Waals surface area contributed by atoms with Crippen molar-refractivity contribution in [2.24, 2.45) is 0 Å². The molecule has 0 aromatic heterocycles. The largest absolute Gasteiger partial charge is 0.455 e. The van der Waals surface area contributed by atoms with Crippen LogP contribution < -0.4 is 10.5 Å². The zero-order valence-corrected chi connectivity index (χ0v) is 10.5.